The lowest BCUT2D eigenvalue weighted by atomic mass is 10.1. The highest BCUT2D eigenvalue weighted by molar-refractivity contribution is 7.90. The maximum Gasteiger partial charge on any atom is 0.328 e. The van der Waals surface area contributed by atoms with Gasteiger partial charge in [-0.15, -0.1) is 0 Å². The molecule has 3 rings (SSSR count). The molecule has 0 aliphatic carbocycles. The van der Waals surface area contributed by atoms with Gasteiger partial charge in [0.2, 0.25) is 0 Å². The third-order valence-corrected chi connectivity index (χ3v) is 6.55. The van der Waals surface area contributed by atoms with Crippen molar-refractivity contribution in [1.29, 1.82) is 0 Å². The highest BCUT2D eigenvalue weighted by atomic mass is 32.2. The lowest BCUT2D eigenvalue weighted by molar-refractivity contribution is 0.0821. The van der Waals surface area contributed by atoms with Gasteiger partial charge in [0.1, 0.15) is 0 Å². The number of rotatable bonds is 7. The van der Waals surface area contributed by atoms with Crippen molar-refractivity contribution in [3.05, 3.63) is 65.2 Å². The lowest BCUT2D eigenvalue weighted by Gasteiger charge is -2.15. The summed E-state index contributed by atoms with van der Waals surface area (Å²) in [6, 6.07) is 11.7. The van der Waals surface area contributed by atoms with Gasteiger partial charge in [0.05, 0.1) is 11.4 Å². The fourth-order valence-corrected chi connectivity index (χ4v) is 4.11. The van der Waals surface area contributed by atoms with E-state index >= 15 is 0 Å². The molecular weight excluding hydrogens is 432 g/mol. The summed E-state index contributed by atoms with van der Waals surface area (Å²) in [5.41, 5.74) is 2.14. The molecule has 2 aromatic rings. The van der Waals surface area contributed by atoms with Gasteiger partial charge in [0.25, 0.3) is 15.9 Å². The first-order chi connectivity index (χ1) is 15.2. The fraction of sp³-hybridized carbons (Fsp3) is 0.318. The zero-order valence-electron chi connectivity index (χ0n) is 17.9. The van der Waals surface area contributed by atoms with Crippen LogP contribution in [-0.4, -0.2) is 43.9 Å². The van der Waals surface area contributed by atoms with E-state index in [1.165, 1.54) is 12.1 Å². The second-order valence-electron chi connectivity index (χ2n) is 7.56. The molecule has 0 aromatic heterocycles. The molecule has 1 unspecified atom stereocenters. The van der Waals surface area contributed by atoms with Crippen LogP contribution in [-0.2, 0) is 23.0 Å². The van der Waals surface area contributed by atoms with E-state index in [9.17, 15) is 22.8 Å². The Morgan fingerprint density at radius 1 is 1.09 bits per heavy atom. The van der Waals surface area contributed by atoms with Crippen molar-refractivity contribution in [2.24, 2.45) is 0 Å². The molecule has 170 valence electrons. The molecule has 3 N–H and O–H groups in total. The lowest BCUT2D eigenvalue weighted by Crippen LogP contribution is -2.43. The quantitative estimate of drug-likeness (QED) is 0.588. The summed E-state index contributed by atoms with van der Waals surface area (Å²) in [4.78, 5) is 37.6. The van der Waals surface area contributed by atoms with Crippen molar-refractivity contribution in [3.8, 4) is 0 Å². The van der Waals surface area contributed by atoms with Crippen LogP contribution >= 0.6 is 0 Å². The maximum absolute atomic E-state index is 12.4. The smallest absolute Gasteiger partial charge is 0.328 e. The van der Waals surface area contributed by atoms with Gasteiger partial charge in [-0.25, -0.2) is 22.7 Å². The topological polar surface area (TPSA) is 125 Å². The highest BCUT2D eigenvalue weighted by Crippen LogP contribution is 2.22. The van der Waals surface area contributed by atoms with E-state index in [2.05, 4.69) is 10.6 Å². The van der Waals surface area contributed by atoms with E-state index in [4.69, 9.17) is 0 Å². The van der Waals surface area contributed by atoms with Crippen LogP contribution < -0.4 is 15.4 Å². The third kappa shape index (κ3) is 5.44. The molecule has 0 spiro atoms. The summed E-state index contributed by atoms with van der Waals surface area (Å²) < 4.78 is 26.6. The Bertz CT molecular complexity index is 1120. The van der Waals surface area contributed by atoms with E-state index in [0.717, 1.165) is 16.0 Å². The van der Waals surface area contributed by atoms with Crippen molar-refractivity contribution in [2.75, 3.05) is 6.54 Å². The molecule has 2 aromatic carbocycles. The molecule has 1 aliphatic heterocycles. The molecule has 5 amide bonds. The molecule has 0 fully saturated rings. The molecule has 10 heteroatoms. The van der Waals surface area contributed by atoms with Gasteiger partial charge in [-0.05, 0) is 49.1 Å². The minimum absolute atomic E-state index is 0.0370. The van der Waals surface area contributed by atoms with Crippen molar-refractivity contribution >= 4 is 28.0 Å². The number of hydrogen-bond donors (Lipinski definition) is 3. The maximum atomic E-state index is 12.4. The van der Waals surface area contributed by atoms with Crippen LogP contribution in [0.2, 0.25) is 0 Å². The largest absolute Gasteiger partial charge is 0.337 e. The molecular formula is C22H26N4O5S. The first-order valence-corrected chi connectivity index (χ1v) is 11.8. The molecule has 9 nitrogen and oxygen atoms in total. The van der Waals surface area contributed by atoms with Gasteiger partial charge in [-0.1, -0.05) is 37.3 Å². The first kappa shape index (κ1) is 23.3. The standard InChI is InChI=1S/C22H26N4O5S/c1-3-15(2)24-21(28)25-32(30,31)18-10-8-16(9-11-18)12-13-23-22(29)26-14-17-6-4-5-7-19(17)20(26)27/h4-11,15H,3,12-14H2,1-2H3,(H,23,29)(H2,24,25,28). The Hall–Kier alpha value is -3.40. The van der Waals surface area contributed by atoms with Crippen LogP contribution in [0.4, 0.5) is 9.59 Å². The van der Waals surface area contributed by atoms with E-state index in [1.807, 2.05) is 23.8 Å². The molecule has 0 radical (unpaired) electrons. The number of benzene rings is 2. The number of amides is 5. The molecule has 0 saturated carbocycles. The van der Waals surface area contributed by atoms with Crippen LogP contribution in [0.3, 0.4) is 0 Å². The highest BCUT2D eigenvalue weighted by Gasteiger charge is 2.31. The summed E-state index contributed by atoms with van der Waals surface area (Å²) in [5, 5.41) is 5.26. The first-order valence-electron chi connectivity index (χ1n) is 10.3. The number of imide groups is 1. The number of fused-ring (bicyclic) bond motifs is 1. The minimum atomic E-state index is -3.98. The van der Waals surface area contributed by atoms with Gasteiger partial charge >= 0.3 is 12.1 Å². The number of carbonyl (C=O) groups is 3. The number of carbonyl (C=O) groups excluding carboxylic acids is 3. The second-order valence-corrected chi connectivity index (χ2v) is 9.24. The van der Waals surface area contributed by atoms with Crippen molar-refractivity contribution in [1.82, 2.24) is 20.3 Å². The minimum Gasteiger partial charge on any atom is -0.337 e. The van der Waals surface area contributed by atoms with E-state index < -0.39 is 22.1 Å². The Labute approximate surface area is 187 Å². The van der Waals surface area contributed by atoms with Gasteiger partial charge in [-0.3, -0.25) is 9.69 Å². The summed E-state index contributed by atoms with van der Waals surface area (Å²) in [6.07, 6.45) is 1.13. The van der Waals surface area contributed by atoms with Gasteiger partial charge in [0, 0.05) is 18.2 Å². The van der Waals surface area contributed by atoms with Crippen molar-refractivity contribution in [3.63, 3.8) is 0 Å². The van der Waals surface area contributed by atoms with Crippen molar-refractivity contribution < 1.29 is 22.8 Å². The van der Waals surface area contributed by atoms with Gasteiger partial charge < -0.3 is 10.6 Å². The van der Waals surface area contributed by atoms with Crippen LogP contribution in [0.25, 0.3) is 0 Å². The van der Waals surface area contributed by atoms with E-state index in [0.29, 0.717) is 18.4 Å². The predicted octanol–water partition coefficient (Wildman–Crippen LogP) is 2.38. The third-order valence-electron chi connectivity index (χ3n) is 5.21. The molecule has 1 heterocycles. The second kappa shape index (κ2) is 9.82. The zero-order chi connectivity index (χ0) is 23.3. The van der Waals surface area contributed by atoms with Crippen LogP contribution in [0.1, 0.15) is 41.8 Å². The Morgan fingerprint density at radius 3 is 2.44 bits per heavy atom. The summed E-state index contributed by atoms with van der Waals surface area (Å²) >= 11 is 0. The fourth-order valence-electron chi connectivity index (χ4n) is 3.20. The number of nitrogens with zero attached hydrogens (tertiary/aromatic N) is 1. The molecule has 1 aliphatic rings. The van der Waals surface area contributed by atoms with Gasteiger partial charge in [-0.2, -0.15) is 0 Å². The molecule has 0 saturated heterocycles. The Morgan fingerprint density at radius 2 is 1.78 bits per heavy atom. The summed E-state index contributed by atoms with van der Waals surface area (Å²) in [5.74, 6) is -0.322. The molecule has 0 bridgehead atoms. The Balaban J connectivity index is 1.50. The monoisotopic (exact) mass is 458 g/mol. The molecule has 32 heavy (non-hydrogen) atoms. The van der Waals surface area contributed by atoms with Crippen LogP contribution in [0, 0.1) is 0 Å². The number of urea groups is 2. The number of hydrogen-bond acceptors (Lipinski definition) is 5. The normalized spacial score (nSPS) is 13.9. The van der Waals surface area contributed by atoms with E-state index in [-0.39, 0.29) is 29.9 Å². The summed E-state index contributed by atoms with van der Waals surface area (Å²) in [6.45, 7) is 4.17. The zero-order valence-corrected chi connectivity index (χ0v) is 18.7. The number of nitrogens with one attached hydrogen (secondary N) is 3. The average Bonchev–Trinajstić information content (AvgIpc) is 3.10. The van der Waals surface area contributed by atoms with E-state index in [1.54, 1.807) is 31.2 Å². The van der Waals surface area contributed by atoms with Crippen LogP contribution in [0.5, 0.6) is 0 Å². The van der Waals surface area contributed by atoms with Crippen LogP contribution in [0.15, 0.2) is 53.4 Å². The average molecular weight is 459 g/mol. The predicted molar refractivity (Wildman–Crippen MR) is 118 cm³/mol. The Kier molecular flexibility index (Phi) is 7.14. The number of sulfonamides is 1. The van der Waals surface area contributed by atoms with Crippen molar-refractivity contribution in [2.45, 2.75) is 44.2 Å². The summed E-state index contributed by atoms with van der Waals surface area (Å²) in [7, 11) is -3.98. The molecule has 1 atom stereocenters. The van der Waals surface area contributed by atoms with Gasteiger partial charge in [0.15, 0.2) is 0 Å². The SMILES string of the molecule is CCC(C)NC(=O)NS(=O)(=O)c1ccc(CCNC(=O)N2Cc3ccccc3C2=O)cc1.